The van der Waals surface area contributed by atoms with E-state index in [1.54, 1.807) is 6.07 Å². The van der Waals surface area contributed by atoms with E-state index >= 15 is 0 Å². The number of rotatable bonds is 4. The average Bonchev–Trinajstić information content (AvgIpc) is 2.22. The van der Waals surface area contributed by atoms with Gasteiger partial charge in [-0.2, -0.15) is 5.26 Å². The first-order valence-electron chi connectivity index (χ1n) is 4.48. The molecule has 0 bridgehead atoms. The summed E-state index contributed by atoms with van der Waals surface area (Å²) in [7, 11) is 0. The number of nitrogens with one attached hydrogen (secondary N) is 1. The van der Waals surface area contributed by atoms with Crippen molar-refractivity contribution in [1.29, 1.82) is 5.26 Å². The fraction of sp³-hybridized carbons (Fsp3) is 0.300. The van der Waals surface area contributed by atoms with Crippen LogP contribution in [0.4, 0.5) is 8.78 Å². The molecule has 80 valence electrons. The Labute approximate surface area is 86.5 Å². The largest absolute Gasteiger partial charge is 0.329 e. The lowest BCUT2D eigenvalue weighted by Crippen LogP contribution is -2.23. The molecule has 0 aliphatic heterocycles. The number of hydrogen-bond acceptors (Lipinski definition) is 3. The van der Waals surface area contributed by atoms with Gasteiger partial charge in [-0.15, -0.1) is 0 Å². The lowest BCUT2D eigenvalue weighted by atomic mass is 10.1. The van der Waals surface area contributed by atoms with Gasteiger partial charge in [-0.25, -0.2) is 8.78 Å². The Balaban J connectivity index is 2.85. The summed E-state index contributed by atoms with van der Waals surface area (Å²) >= 11 is 0. The highest BCUT2D eigenvalue weighted by Gasteiger charge is 2.10. The maximum absolute atomic E-state index is 13.3. The molecule has 5 heteroatoms. The Hall–Kier alpha value is -1.51. The average molecular weight is 211 g/mol. The molecule has 0 fully saturated rings. The van der Waals surface area contributed by atoms with Gasteiger partial charge in [0.25, 0.3) is 0 Å². The molecule has 1 aromatic carbocycles. The molecule has 0 saturated carbocycles. The van der Waals surface area contributed by atoms with Crippen molar-refractivity contribution in [3.05, 3.63) is 34.9 Å². The van der Waals surface area contributed by atoms with Crippen molar-refractivity contribution in [3.63, 3.8) is 0 Å². The second kappa shape index (κ2) is 5.39. The molecule has 0 heterocycles. The lowest BCUT2D eigenvalue weighted by Gasteiger charge is -2.06. The van der Waals surface area contributed by atoms with Crippen molar-refractivity contribution in [2.45, 2.75) is 6.54 Å². The fourth-order valence-corrected chi connectivity index (χ4v) is 1.15. The van der Waals surface area contributed by atoms with Gasteiger partial charge >= 0.3 is 0 Å². The summed E-state index contributed by atoms with van der Waals surface area (Å²) in [6, 6.07) is 3.72. The van der Waals surface area contributed by atoms with Crippen molar-refractivity contribution < 1.29 is 8.78 Å². The number of nitrogens with zero attached hydrogens (tertiary/aromatic N) is 1. The molecule has 0 aliphatic carbocycles. The fourth-order valence-electron chi connectivity index (χ4n) is 1.15. The minimum atomic E-state index is -0.712. The molecule has 3 N–H and O–H groups in total. The highest BCUT2D eigenvalue weighted by atomic mass is 19.1. The first kappa shape index (κ1) is 11.6. The number of nitriles is 1. The quantitative estimate of drug-likeness (QED) is 0.727. The van der Waals surface area contributed by atoms with Crippen LogP contribution in [0, 0.1) is 23.0 Å². The van der Waals surface area contributed by atoms with Crippen LogP contribution in [0.15, 0.2) is 12.1 Å². The molecule has 0 unspecified atom stereocenters. The van der Waals surface area contributed by atoms with Crippen LogP contribution in [0.3, 0.4) is 0 Å². The van der Waals surface area contributed by atoms with E-state index in [1.165, 1.54) is 0 Å². The van der Waals surface area contributed by atoms with E-state index in [2.05, 4.69) is 5.32 Å². The van der Waals surface area contributed by atoms with Crippen LogP contribution in [-0.2, 0) is 6.54 Å². The third-order valence-corrected chi connectivity index (χ3v) is 1.89. The van der Waals surface area contributed by atoms with Crippen molar-refractivity contribution >= 4 is 0 Å². The summed E-state index contributed by atoms with van der Waals surface area (Å²) in [5.74, 6) is -1.42. The van der Waals surface area contributed by atoms with Crippen LogP contribution < -0.4 is 11.1 Å². The second-order valence-electron chi connectivity index (χ2n) is 3.00. The number of halogens is 2. The monoisotopic (exact) mass is 211 g/mol. The second-order valence-corrected chi connectivity index (χ2v) is 3.00. The van der Waals surface area contributed by atoms with Crippen molar-refractivity contribution in [1.82, 2.24) is 5.32 Å². The van der Waals surface area contributed by atoms with Crippen molar-refractivity contribution in [2.24, 2.45) is 5.73 Å². The molecule has 3 nitrogen and oxygen atoms in total. The summed E-state index contributed by atoms with van der Waals surface area (Å²) in [5.41, 5.74) is 5.13. The Morgan fingerprint density at radius 2 is 1.93 bits per heavy atom. The van der Waals surface area contributed by atoms with E-state index in [9.17, 15) is 8.78 Å². The predicted molar refractivity (Wildman–Crippen MR) is 51.8 cm³/mol. The lowest BCUT2D eigenvalue weighted by molar-refractivity contribution is 0.536. The normalized spacial score (nSPS) is 10.0. The molecule has 1 rings (SSSR count). The molecule has 0 aliphatic rings. The first-order valence-corrected chi connectivity index (χ1v) is 4.48. The zero-order chi connectivity index (χ0) is 11.3. The van der Waals surface area contributed by atoms with E-state index in [0.717, 1.165) is 12.1 Å². The molecule has 1 aromatic rings. The van der Waals surface area contributed by atoms with Gasteiger partial charge in [0, 0.05) is 25.2 Å². The standard InChI is InChI=1S/C10H11F2N3/c11-9-3-7(5-14)4-10(12)8(9)6-15-2-1-13/h3-4,15H,1-2,6,13H2. The van der Waals surface area contributed by atoms with E-state index in [4.69, 9.17) is 11.0 Å². The summed E-state index contributed by atoms with van der Waals surface area (Å²) in [6.45, 7) is 0.957. The van der Waals surface area contributed by atoms with Crippen LogP contribution in [0.5, 0.6) is 0 Å². The van der Waals surface area contributed by atoms with Crippen LogP contribution in [-0.4, -0.2) is 13.1 Å². The van der Waals surface area contributed by atoms with Crippen LogP contribution in [0.25, 0.3) is 0 Å². The molecule has 0 saturated heterocycles. The maximum Gasteiger partial charge on any atom is 0.131 e. The van der Waals surface area contributed by atoms with Gasteiger partial charge in [0.05, 0.1) is 11.6 Å². The summed E-state index contributed by atoms with van der Waals surface area (Å²) in [5, 5.41) is 11.3. The van der Waals surface area contributed by atoms with E-state index < -0.39 is 11.6 Å². The maximum atomic E-state index is 13.3. The van der Waals surface area contributed by atoms with Gasteiger partial charge in [0.15, 0.2) is 0 Å². The zero-order valence-electron chi connectivity index (χ0n) is 8.06. The SMILES string of the molecule is N#Cc1cc(F)c(CNCCN)c(F)c1. The van der Waals surface area contributed by atoms with Gasteiger partial charge < -0.3 is 11.1 Å². The minimum Gasteiger partial charge on any atom is -0.329 e. The summed E-state index contributed by atoms with van der Waals surface area (Å²) < 4.78 is 26.5. The number of benzene rings is 1. The Kier molecular flexibility index (Phi) is 4.16. The molecule has 0 amide bonds. The van der Waals surface area contributed by atoms with Gasteiger partial charge in [-0.3, -0.25) is 0 Å². The highest BCUT2D eigenvalue weighted by Crippen LogP contribution is 2.14. The Bertz CT molecular complexity index is 362. The van der Waals surface area contributed by atoms with Gasteiger partial charge in [-0.1, -0.05) is 0 Å². The molecule has 0 aromatic heterocycles. The first-order chi connectivity index (χ1) is 7.19. The molecular formula is C10H11F2N3. The topological polar surface area (TPSA) is 61.8 Å². The number of nitrogens with two attached hydrogens (primary N) is 1. The summed E-state index contributed by atoms with van der Waals surface area (Å²) in [4.78, 5) is 0. The molecular weight excluding hydrogens is 200 g/mol. The van der Waals surface area contributed by atoms with Crippen LogP contribution >= 0.6 is 0 Å². The molecule has 0 spiro atoms. The summed E-state index contributed by atoms with van der Waals surface area (Å²) in [6.07, 6.45) is 0. The van der Waals surface area contributed by atoms with Gasteiger partial charge in [-0.05, 0) is 12.1 Å². The molecule has 15 heavy (non-hydrogen) atoms. The third-order valence-electron chi connectivity index (χ3n) is 1.89. The predicted octanol–water partition coefficient (Wildman–Crippen LogP) is 0.885. The van der Waals surface area contributed by atoms with E-state index in [1.807, 2.05) is 0 Å². The van der Waals surface area contributed by atoms with E-state index in [0.29, 0.717) is 13.1 Å². The van der Waals surface area contributed by atoms with Gasteiger partial charge in [0.2, 0.25) is 0 Å². The third kappa shape index (κ3) is 2.98. The van der Waals surface area contributed by atoms with Crippen molar-refractivity contribution in [3.8, 4) is 6.07 Å². The number of hydrogen-bond donors (Lipinski definition) is 2. The minimum absolute atomic E-state index is 0.0208. The van der Waals surface area contributed by atoms with E-state index in [-0.39, 0.29) is 17.7 Å². The van der Waals surface area contributed by atoms with Gasteiger partial charge in [0.1, 0.15) is 11.6 Å². The van der Waals surface area contributed by atoms with Crippen LogP contribution in [0.2, 0.25) is 0 Å². The Morgan fingerprint density at radius 1 is 1.33 bits per heavy atom. The van der Waals surface area contributed by atoms with Crippen molar-refractivity contribution in [2.75, 3.05) is 13.1 Å². The highest BCUT2D eigenvalue weighted by molar-refractivity contribution is 5.34. The molecule has 0 atom stereocenters. The smallest absolute Gasteiger partial charge is 0.131 e. The van der Waals surface area contributed by atoms with Crippen LogP contribution in [0.1, 0.15) is 11.1 Å². The zero-order valence-corrected chi connectivity index (χ0v) is 8.06. The Morgan fingerprint density at radius 3 is 2.40 bits per heavy atom. The molecule has 0 radical (unpaired) electrons.